The predicted octanol–water partition coefficient (Wildman–Crippen LogP) is 3.65. The number of hydrogen-bond acceptors (Lipinski definition) is 2. The first-order valence-corrected chi connectivity index (χ1v) is 10.2. The zero-order valence-electron chi connectivity index (χ0n) is 13.1. The SMILES string of the molecule is CS(CC(O)C1CCCN1)(c1ccccc1)c1ccccc1. The van der Waals surface area contributed by atoms with E-state index in [0.717, 1.165) is 18.7 Å². The molecule has 22 heavy (non-hydrogen) atoms. The van der Waals surface area contributed by atoms with Gasteiger partial charge in [-0.15, -0.1) is 0 Å². The van der Waals surface area contributed by atoms with Crippen LogP contribution in [0, 0.1) is 0 Å². The summed E-state index contributed by atoms with van der Waals surface area (Å²) in [5.74, 6) is 0.818. The Balaban J connectivity index is 1.93. The molecule has 0 aliphatic carbocycles. The van der Waals surface area contributed by atoms with Crippen LogP contribution in [0.2, 0.25) is 0 Å². The molecule has 0 bridgehead atoms. The maximum Gasteiger partial charge on any atom is 0.0774 e. The minimum atomic E-state index is -1.22. The number of benzene rings is 2. The van der Waals surface area contributed by atoms with Crippen LogP contribution in [-0.4, -0.2) is 35.8 Å². The molecule has 0 aromatic heterocycles. The fraction of sp³-hybridized carbons (Fsp3) is 0.368. The summed E-state index contributed by atoms with van der Waals surface area (Å²) in [5.41, 5.74) is 0. The molecule has 1 fully saturated rings. The fourth-order valence-corrected chi connectivity index (χ4v) is 6.36. The lowest BCUT2D eigenvalue weighted by Gasteiger charge is -2.40. The van der Waals surface area contributed by atoms with E-state index in [0.29, 0.717) is 0 Å². The Kier molecular flexibility index (Phi) is 4.87. The van der Waals surface area contributed by atoms with E-state index < -0.39 is 10.0 Å². The monoisotopic (exact) mass is 315 g/mol. The van der Waals surface area contributed by atoms with E-state index in [-0.39, 0.29) is 12.1 Å². The molecule has 2 aromatic rings. The normalized spacial score (nSPS) is 20.7. The highest BCUT2D eigenvalue weighted by molar-refractivity contribution is 8.33. The highest BCUT2D eigenvalue weighted by Crippen LogP contribution is 2.59. The fourth-order valence-electron chi connectivity index (χ4n) is 3.27. The van der Waals surface area contributed by atoms with E-state index in [1.165, 1.54) is 16.2 Å². The Morgan fingerprint density at radius 1 is 1.05 bits per heavy atom. The van der Waals surface area contributed by atoms with Gasteiger partial charge in [0.1, 0.15) is 0 Å². The molecule has 1 aliphatic rings. The van der Waals surface area contributed by atoms with Gasteiger partial charge in [-0.3, -0.25) is 0 Å². The number of aliphatic hydroxyl groups excluding tert-OH is 1. The van der Waals surface area contributed by atoms with Gasteiger partial charge in [0.05, 0.1) is 6.10 Å². The van der Waals surface area contributed by atoms with E-state index in [1.807, 2.05) is 0 Å². The Morgan fingerprint density at radius 3 is 2.05 bits per heavy atom. The summed E-state index contributed by atoms with van der Waals surface area (Å²) in [6.07, 6.45) is 4.29. The van der Waals surface area contributed by atoms with Crippen molar-refractivity contribution >= 4 is 10.0 Å². The van der Waals surface area contributed by atoms with Gasteiger partial charge >= 0.3 is 0 Å². The third-order valence-corrected chi connectivity index (χ3v) is 8.23. The zero-order chi connectivity index (χ0) is 15.4. The summed E-state index contributed by atoms with van der Waals surface area (Å²) < 4.78 is 0. The number of nitrogens with one attached hydrogen (secondary N) is 1. The summed E-state index contributed by atoms with van der Waals surface area (Å²) in [5, 5.41) is 14.2. The van der Waals surface area contributed by atoms with Crippen LogP contribution in [0.4, 0.5) is 0 Å². The van der Waals surface area contributed by atoms with Crippen molar-refractivity contribution in [3.05, 3.63) is 60.7 Å². The van der Waals surface area contributed by atoms with Crippen molar-refractivity contribution < 1.29 is 5.11 Å². The van der Waals surface area contributed by atoms with Gasteiger partial charge in [0.15, 0.2) is 0 Å². The van der Waals surface area contributed by atoms with Gasteiger partial charge in [0.2, 0.25) is 0 Å². The second-order valence-corrected chi connectivity index (χ2v) is 9.60. The largest absolute Gasteiger partial charge is 0.391 e. The van der Waals surface area contributed by atoms with Crippen LogP contribution in [0.5, 0.6) is 0 Å². The summed E-state index contributed by atoms with van der Waals surface area (Å²) in [6, 6.07) is 21.6. The molecule has 118 valence electrons. The molecular weight excluding hydrogens is 290 g/mol. The van der Waals surface area contributed by atoms with Crippen LogP contribution >= 0.6 is 10.0 Å². The highest BCUT2D eigenvalue weighted by atomic mass is 32.3. The summed E-state index contributed by atoms with van der Waals surface area (Å²) in [6.45, 7) is 1.03. The lowest BCUT2D eigenvalue weighted by atomic mass is 10.1. The molecule has 0 amide bonds. The number of hydrogen-bond donors (Lipinski definition) is 2. The summed E-state index contributed by atoms with van der Waals surface area (Å²) in [7, 11) is -1.22. The van der Waals surface area contributed by atoms with Crippen LogP contribution in [-0.2, 0) is 0 Å². The van der Waals surface area contributed by atoms with Crippen molar-refractivity contribution in [1.82, 2.24) is 5.32 Å². The smallest absolute Gasteiger partial charge is 0.0774 e. The van der Waals surface area contributed by atoms with Crippen molar-refractivity contribution in [2.45, 2.75) is 34.8 Å². The summed E-state index contributed by atoms with van der Waals surface area (Å²) in [4.78, 5) is 2.69. The van der Waals surface area contributed by atoms with Gasteiger partial charge < -0.3 is 10.4 Å². The molecule has 0 saturated carbocycles. The van der Waals surface area contributed by atoms with Crippen LogP contribution < -0.4 is 5.32 Å². The van der Waals surface area contributed by atoms with Crippen molar-refractivity contribution in [3.63, 3.8) is 0 Å². The van der Waals surface area contributed by atoms with Gasteiger partial charge in [-0.2, -0.15) is 10.0 Å². The molecule has 3 rings (SSSR count). The quantitative estimate of drug-likeness (QED) is 0.883. The van der Waals surface area contributed by atoms with Crippen molar-refractivity contribution in [3.8, 4) is 0 Å². The number of aliphatic hydroxyl groups is 1. The van der Waals surface area contributed by atoms with Gasteiger partial charge in [-0.1, -0.05) is 36.4 Å². The first-order chi connectivity index (χ1) is 10.7. The Hall–Kier alpha value is -1.29. The first kappa shape index (κ1) is 15.6. The lowest BCUT2D eigenvalue weighted by Crippen LogP contribution is -2.38. The molecule has 2 N–H and O–H groups in total. The van der Waals surface area contributed by atoms with Gasteiger partial charge in [-0.05, 0) is 59.7 Å². The molecular formula is C19H25NOS. The standard InChI is InChI=1S/C19H25NOS/c1-22(16-9-4-2-5-10-16,17-11-6-3-7-12-17)15-19(21)18-13-8-14-20-18/h2-7,9-12,18-21H,8,13-15H2,1H3. The maximum atomic E-state index is 10.8. The molecule has 0 spiro atoms. The minimum Gasteiger partial charge on any atom is -0.391 e. The van der Waals surface area contributed by atoms with E-state index in [4.69, 9.17) is 0 Å². The average Bonchev–Trinajstić information content (AvgIpc) is 3.11. The predicted molar refractivity (Wildman–Crippen MR) is 94.8 cm³/mol. The summed E-state index contributed by atoms with van der Waals surface area (Å²) >= 11 is 0. The van der Waals surface area contributed by atoms with E-state index >= 15 is 0 Å². The van der Waals surface area contributed by atoms with Gasteiger partial charge in [0.25, 0.3) is 0 Å². The zero-order valence-corrected chi connectivity index (χ0v) is 13.9. The third-order valence-electron chi connectivity index (χ3n) is 4.59. The van der Waals surface area contributed by atoms with Crippen LogP contribution in [0.25, 0.3) is 0 Å². The van der Waals surface area contributed by atoms with Crippen LogP contribution in [0.3, 0.4) is 0 Å². The second kappa shape index (κ2) is 6.86. The first-order valence-electron chi connectivity index (χ1n) is 7.98. The molecule has 1 aliphatic heterocycles. The molecule has 1 saturated heterocycles. The third kappa shape index (κ3) is 3.22. The van der Waals surface area contributed by atoms with E-state index in [9.17, 15) is 5.11 Å². The topological polar surface area (TPSA) is 32.3 Å². The Labute approximate surface area is 134 Å². The number of rotatable bonds is 5. The maximum absolute atomic E-state index is 10.8. The Bertz CT molecular complexity index is 541. The highest BCUT2D eigenvalue weighted by Gasteiger charge is 2.31. The molecule has 0 radical (unpaired) electrons. The Morgan fingerprint density at radius 2 is 1.59 bits per heavy atom. The average molecular weight is 315 g/mol. The molecule has 2 aromatic carbocycles. The van der Waals surface area contributed by atoms with Crippen molar-refractivity contribution in [2.75, 3.05) is 18.6 Å². The minimum absolute atomic E-state index is 0.249. The van der Waals surface area contributed by atoms with Crippen molar-refractivity contribution in [2.24, 2.45) is 0 Å². The second-order valence-electron chi connectivity index (χ2n) is 6.15. The molecule has 2 atom stereocenters. The lowest BCUT2D eigenvalue weighted by molar-refractivity contribution is 0.158. The van der Waals surface area contributed by atoms with Crippen LogP contribution in [0.1, 0.15) is 12.8 Å². The van der Waals surface area contributed by atoms with E-state index in [1.54, 1.807) is 0 Å². The van der Waals surface area contributed by atoms with Crippen molar-refractivity contribution in [1.29, 1.82) is 0 Å². The van der Waals surface area contributed by atoms with Gasteiger partial charge in [-0.25, -0.2) is 0 Å². The van der Waals surface area contributed by atoms with Crippen LogP contribution in [0.15, 0.2) is 70.5 Å². The molecule has 2 nitrogen and oxygen atoms in total. The molecule has 2 unspecified atom stereocenters. The molecule has 3 heteroatoms. The van der Waals surface area contributed by atoms with E-state index in [2.05, 4.69) is 72.2 Å². The molecule has 1 heterocycles. The van der Waals surface area contributed by atoms with Gasteiger partial charge in [0, 0.05) is 11.8 Å².